The molecular weight excluding hydrogens is 266 g/mol. The van der Waals surface area contributed by atoms with Crippen molar-refractivity contribution in [3.63, 3.8) is 0 Å². The monoisotopic (exact) mass is 285 g/mol. The summed E-state index contributed by atoms with van der Waals surface area (Å²) in [7, 11) is 1.63. The molecule has 1 heterocycles. The van der Waals surface area contributed by atoms with Crippen LogP contribution in [0.1, 0.15) is 17.0 Å². The molecule has 5 heteroatoms. The lowest BCUT2D eigenvalue weighted by Crippen LogP contribution is -2.12. The Morgan fingerprint density at radius 1 is 1.19 bits per heavy atom. The summed E-state index contributed by atoms with van der Waals surface area (Å²) < 4.78 is 10.9. The van der Waals surface area contributed by atoms with Crippen molar-refractivity contribution in [3.05, 3.63) is 53.3 Å². The van der Waals surface area contributed by atoms with Crippen LogP contribution in [0.4, 0.5) is 0 Å². The fourth-order valence-electron chi connectivity index (χ4n) is 1.98. The summed E-state index contributed by atoms with van der Waals surface area (Å²) in [5.41, 5.74) is 8.07. The van der Waals surface area contributed by atoms with Crippen LogP contribution < -0.4 is 15.2 Å². The van der Waals surface area contributed by atoms with E-state index in [2.05, 4.69) is 4.98 Å². The zero-order valence-electron chi connectivity index (χ0n) is 12.2. The number of aromatic nitrogens is 1. The van der Waals surface area contributed by atoms with Crippen LogP contribution >= 0.6 is 0 Å². The molecule has 1 aromatic carbocycles. The van der Waals surface area contributed by atoms with Crippen LogP contribution in [-0.2, 0) is 13.0 Å². The number of nitrogens with one attached hydrogen (secondary N) is 1. The van der Waals surface area contributed by atoms with E-state index < -0.39 is 0 Å². The number of methoxy groups -OCH3 is 1. The van der Waals surface area contributed by atoms with Crippen LogP contribution in [-0.4, -0.2) is 17.9 Å². The maximum atomic E-state index is 7.26. The highest BCUT2D eigenvalue weighted by atomic mass is 16.5. The molecule has 0 aliphatic heterocycles. The van der Waals surface area contributed by atoms with E-state index in [0.717, 1.165) is 28.5 Å². The number of ether oxygens (including phenoxy) is 2. The minimum atomic E-state index is 0.153. The van der Waals surface area contributed by atoms with E-state index in [-0.39, 0.29) is 5.84 Å². The predicted octanol–water partition coefficient (Wildman–Crippen LogP) is 2.46. The first-order valence-corrected chi connectivity index (χ1v) is 6.63. The van der Waals surface area contributed by atoms with E-state index in [1.165, 1.54) is 0 Å². The minimum absolute atomic E-state index is 0.153. The fourth-order valence-corrected chi connectivity index (χ4v) is 1.98. The van der Waals surface area contributed by atoms with Crippen LogP contribution in [0.15, 0.2) is 36.4 Å². The molecule has 0 amide bonds. The van der Waals surface area contributed by atoms with Gasteiger partial charge in [0.05, 0.1) is 18.6 Å². The van der Waals surface area contributed by atoms with Crippen molar-refractivity contribution < 1.29 is 9.47 Å². The van der Waals surface area contributed by atoms with Crippen LogP contribution in [0.25, 0.3) is 0 Å². The van der Waals surface area contributed by atoms with Gasteiger partial charge in [-0.2, -0.15) is 0 Å². The predicted molar refractivity (Wildman–Crippen MR) is 81.9 cm³/mol. The van der Waals surface area contributed by atoms with Crippen molar-refractivity contribution in [2.45, 2.75) is 20.0 Å². The van der Waals surface area contributed by atoms with Gasteiger partial charge in [0.1, 0.15) is 18.1 Å². The summed E-state index contributed by atoms with van der Waals surface area (Å²) in [6.45, 7) is 2.30. The van der Waals surface area contributed by atoms with Crippen molar-refractivity contribution >= 4 is 5.84 Å². The molecule has 2 rings (SSSR count). The molecule has 0 aliphatic rings. The van der Waals surface area contributed by atoms with E-state index in [1.807, 2.05) is 43.3 Å². The summed E-state index contributed by atoms with van der Waals surface area (Å²) in [5.74, 6) is 1.68. The number of amidine groups is 1. The van der Waals surface area contributed by atoms with Gasteiger partial charge in [0.2, 0.25) is 0 Å². The largest absolute Gasteiger partial charge is 0.497 e. The average molecular weight is 285 g/mol. The Morgan fingerprint density at radius 3 is 2.52 bits per heavy atom. The molecule has 0 aliphatic carbocycles. The normalized spacial score (nSPS) is 10.2. The standard InChI is InChI=1S/C16H19N3O2/c1-11-7-15(20-2)9-13(19-11)10-21-14-5-3-12(4-6-14)8-16(17)18/h3-7,9H,8,10H2,1-2H3,(H3,17,18). The number of benzene rings is 1. The van der Waals surface area contributed by atoms with Gasteiger partial charge in [0, 0.05) is 24.2 Å². The van der Waals surface area contributed by atoms with Gasteiger partial charge in [-0.3, -0.25) is 10.4 Å². The number of pyridine rings is 1. The lowest BCUT2D eigenvalue weighted by Gasteiger charge is -2.09. The molecular formula is C16H19N3O2. The van der Waals surface area contributed by atoms with E-state index in [4.69, 9.17) is 20.6 Å². The molecule has 0 fully saturated rings. The maximum Gasteiger partial charge on any atom is 0.130 e. The molecule has 0 saturated heterocycles. The van der Waals surface area contributed by atoms with Gasteiger partial charge in [-0.15, -0.1) is 0 Å². The Kier molecular flexibility index (Phi) is 4.77. The molecule has 0 bridgehead atoms. The summed E-state index contributed by atoms with van der Waals surface area (Å²) in [4.78, 5) is 4.40. The average Bonchev–Trinajstić information content (AvgIpc) is 2.45. The molecule has 21 heavy (non-hydrogen) atoms. The van der Waals surface area contributed by atoms with E-state index >= 15 is 0 Å². The minimum Gasteiger partial charge on any atom is -0.497 e. The summed E-state index contributed by atoms with van der Waals surface area (Å²) in [6.07, 6.45) is 0.455. The Bertz CT molecular complexity index is 624. The lowest BCUT2D eigenvalue weighted by molar-refractivity contribution is 0.300. The first-order chi connectivity index (χ1) is 10.1. The quantitative estimate of drug-likeness (QED) is 0.631. The number of rotatable bonds is 6. The Balaban J connectivity index is 1.99. The van der Waals surface area contributed by atoms with E-state index in [1.54, 1.807) is 7.11 Å². The molecule has 5 nitrogen and oxygen atoms in total. The highest BCUT2D eigenvalue weighted by Crippen LogP contribution is 2.17. The van der Waals surface area contributed by atoms with Crippen LogP contribution in [0.5, 0.6) is 11.5 Å². The second-order valence-corrected chi connectivity index (χ2v) is 4.77. The van der Waals surface area contributed by atoms with Crippen LogP contribution in [0.2, 0.25) is 0 Å². The fraction of sp³-hybridized carbons (Fsp3) is 0.250. The first-order valence-electron chi connectivity index (χ1n) is 6.63. The first kappa shape index (κ1) is 14.8. The van der Waals surface area contributed by atoms with Crippen molar-refractivity contribution in [3.8, 4) is 11.5 Å². The Labute approximate surface area is 124 Å². The highest BCUT2D eigenvalue weighted by molar-refractivity contribution is 5.79. The van der Waals surface area contributed by atoms with Gasteiger partial charge in [0.15, 0.2) is 0 Å². The molecule has 0 saturated carbocycles. The molecule has 1 aromatic heterocycles. The Hall–Kier alpha value is -2.56. The van der Waals surface area contributed by atoms with Gasteiger partial charge in [-0.1, -0.05) is 12.1 Å². The van der Waals surface area contributed by atoms with Gasteiger partial charge < -0.3 is 15.2 Å². The van der Waals surface area contributed by atoms with E-state index in [9.17, 15) is 0 Å². The van der Waals surface area contributed by atoms with Crippen molar-refractivity contribution in [2.75, 3.05) is 7.11 Å². The van der Waals surface area contributed by atoms with Gasteiger partial charge in [-0.05, 0) is 24.6 Å². The van der Waals surface area contributed by atoms with Crippen LogP contribution in [0.3, 0.4) is 0 Å². The Morgan fingerprint density at radius 2 is 1.90 bits per heavy atom. The lowest BCUT2D eigenvalue weighted by atomic mass is 10.1. The van der Waals surface area contributed by atoms with Gasteiger partial charge in [-0.25, -0.2) is 0 Å². The third-order valence-corrected chi connectivity index (χ3v) is 2.92. The number of hydrogen-bond donors (Lipinski definition) is 2. The van der Waals surface area contributed by atoms with Gasteiger partial charge in [0.25, 0.3) is 0 Å². The molecule has 110 valence electrons. The summed E-state index contributed by atoms with van der Waals surface area (Å²) in [5, 5.41) is 7.26. The number of aryl methyl sites for hydroxylation is 1. The second kappa shape index (κ2) is 6.74. The molecule has 0 unspecified atom stereocenters. The molecule has 3 N–H and O–H groups in total. The second-order valence-electron chi connectivity index (χ2n) is 4.77. The smallest absolute Gasteiger partial charge is 0.130 e. The molecule has 0 spiro atoms. The molecule has 2 aromatic rings. The number of nitrogens with zero attached hydrogens (tertiary/aromatic N) is 1. The number of hydrogen-bond acceptors (Lipinski definition) is 4. The van der Waals surface area contributed by atoms with Crippen LogP contribution in [0, 0.1) is 12.3 Å². The maximum absolute atomic E-state index is 7.26. The zero-order valence-corrected chi connectivity index (χ0v) is 12.2. The number of nitrogens with two attached hydrogens (primary N) is 1. The SMILES string of the molecule is COc1cc(C)nc(COc2ccc(CC(=N)N)cc2)c1. The van der Waals surface area contributed by atoms with Crippen molar-refractivity contribution in [2.24, 2.45) is 5.73 Å². The topological polar surface area (TPSA) is 81.2 Å². The van der Waals surface area contributed by atoms with Crippen molar-refractivity contribution in [1.29, 1.82) is 5.41 Å². The third kappa shape index (κ3) is 4.49. The van der Waals surface area contributed by atoms with Gasteiger partial charge >= 0.3 is 0 Å². The molecule has 0 atom stereocenters. The van der Waals surface area contributed by atoms with E-state index in [0.29, 0.717) is 13.0 Å². The molecule has 0 radical (unpaired) electrons. The zero-order chi connectivity index (χ0) is 15.2. The summed E-state index contributed by atoms with van der Waals surface area (Å²) in [6, 6.07) is 11.3. The van der Waals surface area contributed by atoms with Crippen molar-refractivity contribution in [1.82, 2.24) is 4.98 Å². The highest BCUT2D eigenvalue weighted by Gasteiger charge is 2.02. The summed E-state index contributed by atoms with van der Waals surface area (Å²) >= 11 is 0. The third-order valence-electron chi connectivity index (χ3n) is 2.92.